The Morgan fingerprint density at radius 1 is 1.30 bits per heavy atom. The Bertz CT molecular complexity index is 972. The second-order valence-electron chi connectivity index (χ2n) is 7.36. The van der Waals surface area contributed by atoms with Crippen LogP contribution in [0.15, 0.2) is 34.9 Å². The number of aromatic nitrogens is 3. The van der Waals surface area contributed by atoms with E-state index in [9.17, 15) is 4.79 Å². The average molecular weight is 364 g/mol. The van der Waals surface area contributed by atoms with E-state index in [4.69, 9.17) is 4.52 Å². The summed E-state index contributed by atoms with van der Waals surface area (Å²) < 4.78 is 7.30. The number of hydrogen-bond donors (Lipinski definition) is 1. The number of rotatable bonds is 4. The van der Waals surface area contributed by atoms with Crippen LogP contribution in [0.4, 0.5) is 0 Å². The molecule has 1 unspecified atom stereocenters. The van der Waals surface area contributed by atoms with Gasteiger partial charge in [0.25, 0.3) is 5.91 Å². The van der Waals surface area contributed by atoms with Gasteiger partial charge in [0.1, 0.15) is 5.76 Å². The van der Waals surface area contributed by atoms with Crippen LogP contribution in [-0.4, -0.2) is 20.8 Å². The number of hydrogen-bond acceptors (Lipinski definition) is 4. The van der Waals surface area contributed by atoms with E-state index in [1.807, 2.05) is 48.9 Å². The highest BCUT2D eigenvalue weighted by atomic mass is 16.5. The molecule has 140 valence electrons. The fraction of sp³-hybridized carbons (Fsp3) is 0.381. The molecule has 2 aromatic heterocycles. The van der Waals surface area contributed by atoms with Crippen LogP contribution in [0.3, 0.4) is 0 Å². The largest absolute Gasteiger partial charge is 0.360 e. The van der Waals surface area contributed by atoms with Gasteiger partial charge in [-0.05, 0) is 44.7 Å². The normalized spacial score (nSPS) is 16.2. The maximum Gasteiger partial charge on any atom is 0.274 e. The maximum absolute atomic E-state index is 12.7. The third kappa shape index (κ3) is 3.27. The molecule has 6 heteroatoms. The van der Waals surface area contributed by atoms with Gasteiger partial charge >= 0.3 is 0 Å². The standard InChI is InChI=1S/C21H24N4O2/c1-13-9-10-19-17(11-13)20(24-27-19)21(26)22-12-18-14(2)23-25(15(18)3)16-7-5-4-6-8-16/h4-8,13H,9-12H2,1-3H3,(H,22,26). The molecule has 1 aromatic carbocycles. The Hall–Kier alpha value is -2.89. The molecule has 27 heavy (non-hydrogen) atoms. The number of aryl methyl sites for hydroxylation is 2. The quantitative estimate of drug-likeness (QED) is 0.769. The van der Waals surface area contributed by atoms with Crippen molar-refractivity contribution in [3.05, 3.63) is 64.3 Å². The van der Waals surface area contributed by atoms with Gasteiger partial charge in [0.2, 0.25) is 0 Å². The fourth-order valence-electron chi connectivity index (χ4n) is 3.76. The topological polar surface area (TPSA) is 73.0 Å². The van der Waals surface area contributed by atoms with E-state index in [2.05, 4.69) is 22.5 Å². The van der Waals surface area contributed by atoms with Crippen LogP contribution in [0.2, 0.25) is 0 Å². The minimum Gasteiger partial charge on any atom is -0.360 e. The van der Waals surface area contributed by atoms with Gasteiger partial charge in [-0.3, -0.25) is 4.79 Å². The van der Waals surface area contributed by atoms with Crippen molar-refractivity contribution in [2.75, 3.05) is 0 Å². The molecule has 2 heterocycles. The summed E-state index contributed by atoms with van der Waals surface area (Å²) in [5.74, 6) is 1.24. The van der Waals surface area contributed by atoms with E-state index in [-0.39, 0.29) is 5.91 Å². The number of para-hydroxylation sites is 1. The average Bonchev–Trinajstić information content (AvgIpc) is 3.21. The second kappa shape index (κ2) is 7.02. The number of benzene rings is 1. The summed E-state index contributed by atoms with van der Waals surface area (Å²) in [4.78, 5) is 12.7. The molecule has 0 bridgehead atoms. The molecule has 1 aliphatic carbocycles. The lowest BCUT2D eigenvalue weighted by Crippen LogP contribution is -2.25. The fourth-order valence-corrected chi connectivity index (χ4v) is 3.76. The Balaban J connectivity index is 1.52. The van der Waals surface area contributed by atoms with E-state index >= 15 is 0 Å². The molecular weight excluding hydrogens is 340 g/mol. The van der Waals surface area contributed by atoms with E-state index in [1.54, 1.807) is 0 Å². The summed E-state index contributed by atoms with van der Waals surface area (Å²) in [6.45, 7) is 6.60. The Kier molecular flexibility index (Phi) is 4.56. The summed E-state index contributed by atoms with van der Waals surface area (Å²) in [5.41, 5.74) is 5.37. The Labute approximate surface area is 158 Å². The van der Waals surface area contributed by atoms with Crippen molar-refractivity contribution >= 4 is 5.91 Å². The lowest BCUT2D eigenvalue weighted by atomic mass is 9.88. The minimum atomic E-state index is -0.180. The van der Waals surface area contributed by atoms with Crippen LogP contribution < -0.4 is 5.32 Å². The van der Waals surface area contributed by atoms with E-state index in [0.29, 0.717) is 18.2 Å². The summed E-state index contributed by atoms with van der Waals surface area (Å²) in [6.07, 6.45) is 2.80. The highest BCUT2D eigenvalue weighted by Gasteiger charge is 2.27. The summed E-state index contributed by atoms with van der Waals surface area (Å²) in [7, 11) is 0. The van der Waals surface area contributed by atoms with Gasteiger partial charge in [0.05, 0.1) is 11.4 Å². The minimum absolute atomic E-state index is 0.180. The third-order valence-electron chi connectivity index (χ3n) is 5.37. The first kappa shape index (κ1) is 17.5. The first-order chi connectivity index (χ1) is 13.0. The number of nitrogens with one attached hydrogen (secondary N) is 1. The number of nitrogens with zero attached hydrogens (tertiary/aromatic N) is 3. The highest BCUT2D eigenvalue weighted by Crippen LogP contribution is 2.28. The highest BCUT2D eigenvalue weighted by molar-refractivity contribution is 5.93. The molecule has 0 aliphatic heterocycles. The van der Waals surface area contributed by atoms with Crippen LogP contribution >= 0.6 is 0 Å². The molecule has 0 fully saturated rings. The van der Waals surface area contributed by atoms with Crippen molar-refractivity contribution < 1.29 is 9.32 Å². The molecule has 3 aromatic rings. The molecule has 1 aliphatic rings. The maximum atomic E-state index is 12.7. The first-order valence-corrected chi connectivity index (χ1v) is 9.40. The monoisotopic (exact) mass is 364 g/mol. The van der Waals surface area contributed by atoms with Crippen LogP contribution in [0.5, 0.6) is 0 Å². The molecule has 1 atom stereocenters. The van der Waals surface area contributed by atoms with Crippen molar-refractivity contribution in [3.8, 4) is 5.69 Å². The van der Waals surface area contributed by atoms with Crippen molar-refractivity contribution in [1.82, 2.24) is 20.3 Å². The van der Waals surface area contributed by atoms with Crippen LogP contribution in [0.25, 0.3) is 5.69 Å². The van der Waals surface area contributed by atoms with Crippen LogP contribution in [0, 0.1) is 19.8 Å². The predicted molar refractivity (Wildman–Crippen MR) is 102 cm³/mol. The lowest BCUT2D eigenvalue weighted by molar-refractivity contribution is 0.0941. The zero-order valence-electron chi connectivity index (χ0n) is 16.0. The van der Waals surface area contributed by atoms with Crippen LogP contribution in [0.1, 0.15) is 52.1 Å². The molecular formula is C21H24N4O2. The van der Waals surface area contributed by atoms with Crippen molar-refractivity contribution in [1.29, 1.82) is 0 Å². The molecule has 0 saturated carbocycles. The van der Waals surface area contributed by atoms with E-state index < -0.39 is 0 Å². The zero-order chi connectivity index (χ0) is 19.0. The molecule has 0 saturated heterocycles. The van der Waals surface area contributed by atoms with Gasteiger partial charge < -0.3 is 9.84 Å². The van der Waals surface area contributed by atoms with E-state index in [1.165, 1.54) is 0 Å². The van der Waals surface area contributed by atoms with Gasteiger partial charge in [-0.25, -0.2) is 4.68 Å². The smallest absolute Gasteiger partial charge is 0.274 e. The number of fused-ring (bicyclic) bond motifs is 1. The summed E-state index contributed by atoms with van der Waals surface area (Å²) >= 11 is 0. The van der Waals surface area contributed by atoms with E-state index in [0.717, 1.165) is 53.2 Å². The molecule has 1 N–H and O–H groups in total. The third-order valence-corrected chi connectivity index (χ3v) is 5.37. The molecule has 6 nitrogen and oxygen atoms in total. The lowest BCUT2D eigenvalue weighted by Gasteiger charge is -2.16. The second-order valence-corrected chi connectivity index (χ2v) is 7.36. The predicted octanol–water partition coefficient (Wildman–Crippen LogP) is 3.53. The van der Waals surface area contributed by atoms with Gasteiger partial charge in [-0.2, -0.15) is 5.10 Å². The molecule has 0 radical (unpaired) electrons. The SMILES string of the molecule is Cc1nn(-c2ccccc2)c(C)c1CNC(=O)c1noc2c1CC(C)CC2. The molecule has 0 spiro atoms. The van der Waals surface area contributed by atoms with Crippen LogP contribution in [-0.2, 0) is 19.4 Å². The molecule has 1 amide bonds. The summed E-state index contributed by atoms with van der Waals surface area (Å²) in [6, 6.07) is 10.00. The number of carbonyl (C=O) groups excluding carboxylic acids is 1. The Morgan fingerprint density at radius 2 is 2.07 bits per heavy atom. The Morgan fingerprint density at radius 3 is 2.85 bits per heavy atom. The van der Waals surface area contributed by atoms with Gasteiger partial charge in [-0.1, -0.05) is 30.3 Å². The van der Waals surface area contributed by atoms with Gasteiger partial charge in [0, 0.05) is 29.8 Å². The van der Waals surface area contributed by atoms with Gasteiger partial charge in [0.15, 0.2) is 5.69 Å². The first-order valence-electron chi connectivity index (χ1n) is 9.40. The van der Waals surface area contributed by atoms with Crippen molar-refractivity contribution in [2.24, 2.45) is 5.92 Å². The number of amides is 1. The van der Waals surface area contributed by atoms with Crippen molar-refractivity contribution in [3.63, 3.8) is 0 Å². The number of carbonyl (C=O) groups is 1. The van der Waals surface area contributed by atoms with Gasteiger partial charge in [-0.15, -0.1) is 0 Å². The van der Waals surface area contributed by atoms with Crippen molar-refractivity contribution in [2.45, 2.75) is 46.6 Å². The summed E-state index contributed by atoms with van der Waals surface area (Å²) in [5, 5.41) is 11.7. The molecule has 4 rings (SSSR count). The zero-order valence-corrected chi connectivity index (χ0v) is 16.0.